The minimum Gasteiger partial charge on any atom is -0.495 e. The lowest BCUT2D eigenvalue weighted by Crippen LogP contribution is -2.49. The maximum absolute atomic E-state index is 6.18. The molecule has 0 aromatic heterocycles. The van der Waals surface area contributed by atoms with E-state index >= 15 is 0 Å². The first kappa shape index (κ1) is 21.4. The molecule has 1 N–H and O–H groups in total. The van der Waals surface area contributed by atoms with Crippen LogP contribution in [-0.2, 0) is 0 Å². The van der Waals surface area contributed by atoms with Crippen molar-refractivity contribution in [2.75, 3.05) is 52.3 Å². The molecule has 1 aliphatic heterocycles. The van der Waals surface area contributed by atoms with E-state index in [9.17, 15) is 0 Å². The summed E-state index contributed by atoms with van der Waals surface area (Å²) >= 11 is 11.8. The topological polar surface area (TPSA) is 37.0 Å². The fourth-order valence-electron chi connectivity index (χ4n) is 3.19. The van der Waals surface area contributed by atoms with Gasteiger partial charge >= 0.3 is 0 Å². The van der Waals surface area contributed by atoms with Crippen LogP contribution in [0, 0.1) is 0 Å². The molecule has 0 spiro atoms. The zero-order valence-corrected chi connectivity index (χ0v) is 18.3. The highest BCUT2D eigenvalue weighted by Crippen LogP contribution is 2.36. The summed E-state index contributed by atoms with van der Waals surface area (Å²) in [4.78, 5) is 4.59. The van der Waals surface area contributed by atoms with E-state index in [1.807, 2.05) is 6.07 Å². The van der Waals surface area contributed by atoms with E-state index in [2.05, 4.69) is 51.5 Å². The molecule has 1 heterocycles. The highest BCUT2D eigenvalue weighted by atomic mass is 35.5. The molecule has 3 rings (SSSR count). The second-order valence-electron chi connectivity index (χ2n) is 6.72. The second kappa shape index (κ2) is 10.5. The van der Waals surface area contributed by atoms with Crippen molar-refractivity contribution in [1.29, 1.82) is 0 Å². The van der Waals surface area contributed by atoms with E-state index in [1.165, 1.54) is 5.56 Å². The van der Waals surface area contributed by atoms with Crippen LogP contribution in [0.3, 0.4) is 0 Å². The molecule has 2 aromatic rings. The molecule has 5 nitrogen and oxygen atoms in total. The summed E-state index contributed by atoms with van der Waals surface area (Å²) < 4.78 is 10.7. The van der Waals surface area contributed by atoms with Crippen LogP contribution in [0.25, 0.3) is 6.08 Å². The SMILES string of the molecule is COc1cc(NC(=S)N2CCN(CC=Cc3ccccc3)CC2)c(OC)cc1Cl. The molecule has 7 heteroatoms. The Hall–Kier alpha value is -2.28. The lowest BCUT2D eigenvalue weighted by atomic mass is 10.2. The summed E-state index contributed by atoms with van der Waals surface area (Å²) in [7, 11) is 3.19. The maximum atomic E-state index is 6.18. The molecule has 2 aromatic carbocycles. The number of hydrogen-bond donors (Lipinski definition) is 1. The van der Waals surface area contributed by atoms with E-state index in [-0.39, 0.29) is 0 Å². The standard InChI is InChI=1S/C22H26ClN3O2S/c1-27-20-16-19(21(28-2)15-18(20)23)24-22(29)26-13-11-25(12-14-26)10-6-9-17-7-4-3-5-8-17/h3-9,15-16H,10-14H2,1-2H3,(H,24,29). The van der Waals surface area contributed by atoms with Gasteiger partial charge in [-0.2, -0.15) is 0 Å². The molecule has 0 atom stereocenters. The smallest absolute Gasteiger partial charge is 0.173 e. The summed E-state index contributed by atoms with van der Waals surface area (Å²) in [5.41, 5.74) is 1.97. The number of ether oxygens (including phenoxy) is 2. The number of halogens is 1. The summed E-state index contributed by atoms with van der Waals surface area (Å²) in [5.74, 6) is 1.20. The normalized spacial score (nSPS) is 14.8. The Bertz CT molecular complexity index is 853. The highest BCUT2D eigenvalue weighted by Gasteiger charge is 2.19. The van der Waals surface area contributed by atoms with Crippen LogP contribution in [0.15, 0.2) is 48.5 Å². The van der Waals surface area contributed by atoms with E-state index in [1.54, 1.807) is 26.4 Å². The van der Waals surface area contributed by atoms with Crippen molar-refractivity contribution in [3.8, 4) is 11.5 Å². The van der Waals surface area contributed by atoms with Gasteiger partial charge in [0.2, 0.25) is 0 Å². The van der Waals surface area contributed by atoms with E-state index in [0.29, 0.717) is 21.6 Å². The van der Waals surface area contributed by atoms with Crippen molar-refractivity contribution in [2.24, 2.45) is 0 Å². The van der Waals surface area contributed by atoms with Gasteiger partial charge in [0.15, 0.2) is 5.11 Å². The van der Waals surface area contributed by atoms with Crippen LogP contribution >= 0.6 is 23.8 Å². The van der Waals surface area contributed by atoms with Crippen LogP contribution in [-0.4, -0.2) is 61.9 Å². The number of hydrogen-bond acceptors (Lipinski definition) is 4. The van der Waals surface area contributed by atoms with Gasteiger partial charge in [0, 0.05) is 44.9 Å². The number of anilines is 1. The molecule has 0 unspecified atom stereocenters. The van der Waals surface area contributed by atoms with Crippen molar-refractivity contribution in [3.63, 3.8) is 0 Å². The Balaban J connectivity index is 1.52. The number of benzene rings is 2. The second-order valence-corrected chi connectivity index (χ2v) is 7.51. The predicted molar refractivity (Wildman–Crippen MR) is 124 cm³/mol. The van der Waals surface area contributed by atoms with Gasteiger partial charge in [0.25, 0.3) is 0 Å². The van der Waals surface area contributed by atoms with Crippen molar-refractivity contribution in [1.82, 2.24) is 9.80 Å². The lowest BCUT2D eigenvalue weighted by molar-refractivity contribution is 0.199. The number of nitrogens with zero attached hydrogens (tertiary/aromatic N) is 2. The molecule has 0 bridgehead atoms. The average Bonchev–Trinajstić information content (AvgIpc) is 2.75. The van der Waals surface area contributed by atoms with Crippen LogP contribution in [0.1, 0.15) is 5.56 Å². The van der Waals surface area contributed by atoms with Crippen molar-refractivity contribution in [2.45, 2.75) is 0 Å². The van der Waals surface area contributed by atoms with Crippen molar-refractivity contribution in [3.05, 3.63) is 59.1 Å². The third kappa shape index (κ3) is 5.85. The van der Waals surface area contributed by atoms with Crippen LogP contribution in [0.2, 0.25) is 5.02 Å². The molecule has 29 heavy (non-hydrogen) atoms. The van der Waals surface area contributed by atoms with Crippen molar-refractivity contribution >= 4 is 40.7 Å². The first-order valence-corrected chi connectivity index (χ1v) is 10.3. The first-order valence-electron chi connectivity index (χ1n) is 9.52. The molecule has 0 amide bonds. The minimum absolute atomic E-state index is 0.498. The van der Waals surface area contributed by atoms with Gasteiger partial charge in [-0.1, -0.05) is 54.1 Å². The van der Waals surface area contributed by atoms with Gasteiger partial charge in [-0.3, -0.25) is 4.90 Å². The van der Waals surface area contributed by atoms with Gasteiger partial charge in [-0.15, -0.1) is 0 Å². The molecule has 154 valence electrons. The Morgan fingerprint density at radius 3 is 2.41 bits per heavy atom. The van der Waals surface area contributed by atoms with E-state index < -0.39 is 0 Å². The molecule has 1 aliphatic rings. The van der Waals surface area contributed by atoms with Crippen LogP contribution in [0.4, 0.5) is 5.69 Å². The van der Waals surface area contributed by atoms with Gasteiger partial charge in [0.1, 0.15) is 11.5 Å². The number of thiocarbonyl (C=S) groups is 1. The molecule has 1 saturated heterocycles. The Labute approximate surface area is 182 Å². The molecule has 0 radical (unpaired) electrons. The highest BCUT2D eigenvalue weighted by molar-refractivity contribution is 7.80. The Kier molecular flexibility index (Phi) is 7.75. The van der Waals surface area contributed by atoms with E-state index in [0.717, 1.165) is 38.4 Å². The number of methoxy groups -OCH3 is 2. The summed E-state index contributed by atoms with van der Waals surface area (Å²) in [6, 6.07) is 13.9. The Morgan fingerprint density at radius 1 is 1.07 bits per heavy atom. The van der Waals surface area contributed by atoms with Gasteiger partial charge < -0.3 is 19.7 Å². The largest absolute Gasteiger partial charge is 0.495 e. The fraction of sp³-hybridized carbons (Fsp3) is 0.318. The van der Waals surface area contributed by atoms with Crippen LogP contribution < -0.4 is 14.8 Å². The molecule has 1 fully saturated rings. The quantitative estimate of drug-likeness (QED) is 0.684. The third-order valence-electron chi connectivity index (χ3n) is 4.85. The van der Waals surface area contributed by atoms with Gasteiger partial charge in [-0.05, 0) is 17.8 Å². The predicted octanol–water partition coefficient (Wildman–Crippen LogP) is 4.39. The Morgan fingerprint density at radius 2 is 1.76 bits per heavy atom. The molecular formula is C22H26ClN3O2S. The number of nitrogens with one attached hydrogen (secondary N) is 1. The summed E-state index contributed by atoms with van der Waals surface area (Å²) in [6.45, 7) is 4.60. The zero-order valence-electron chi connectivity index (χ0n) is 16.7. The number of piperazine rings is 1. The average molecular weight is 432 g/mol. The molecule has 0 aliphatic carbocycles. The minimum atomic E-state index is 0.498. The lowest BCUT2D eigenvalue weighted by Gasteiger charge is -2.35. The number of rotatable bonds is 6. The first-order chi connectivity index (χ1) is 14.1. The summed E-state index contributed by atoms with van der Waals surface area (Å²) in [6.07, 6.45) is 4.38. The fourth-order valence-corrected chi connectivity index (χ4v) is 3.71. The molecule has 0 saturated carbocycles. The molecular weight excluding hydrogens is 406 g/mol. The van der Waals surface area contributed by atoms with Gasteiger partial charge in [0.05, 0.1) is 24.9 Å². The van der Waals surface area contributed by atoms with Crippen molar-refractivity contribution < 1.29 is 9.47 Å². The van der Waals surface area contributed by atoms with Gasteiger partial charge in [-0.25, -0.2) is 0 Å². The van der Waals surface area contributed by atoms with E-state index in [4.69, 9.17) is 33.3 Å². The van der Waals surface area contributed by atoms with Crippen LogP contribution in [0.5, 0.6) is 11.5 Å². The zero-order chi connectivity index (χ0) is 20.6. The monoisotopic (exact) mass is 431 g/mol. The summed E-state index contributed by atoms with van der Waals surface area (Å²) in [5, 5.41) is 4.45. The maximum Gasteiger partial charge on any atom is 0.173 e. The third-order valence-corrected chi connectivity index (χ3v) is 5.50.